The van der Waals surface area contributed by atoms with E-state index < -0.39 is 5.97 Å². The number of hydrogen-bond donors (Lipinski definition) is 0. The molecule has 0 amide bonds. The lowest BCUT2D eigenvalue weighted by atomic mass is 10.2. The lowest BCUT2D eigenvalue weighted by Crippen LogP contribution is -2.05. The van der Waals surface area contributed by atoms with Crippen molar-refractivity contribution in [2.45, 2.75) is 6.92 Å². The first-order valence-electron chi connectivity index (χ1n) is 7.51. The van der Waals surface area contributed by atoms with Gasteiger partial charge in [0.15, 0.2) is 11.5 Å². The molecule has 0 heterocycles. The first-order valence-corrected chi connectivity index (χ1v) is 7.51. The SMILES string of the molecule is CCOc1ccccc1OC(=O)/C=C/c1ccc(OC)cc1OC. The van der Waals surface area contributed by atoms with Gasteiger partial charge in [-0.3, -0.25) is 0 Å². The third kappa shape index (κ3) is 4.52. The van der Waals surface area contributed by atoms with Crippen molar-refractivity contribution in [2.75, 3.05) is 20.8 Å². The van der Waals surface area contributed by atoms with Gasteiger partial charge in [-0.2, -0.15) is 0 Å². The standard InChI is InChI=1S/C19H20O5/c1-4-23-16-7-5-6-8-17(16)24-19(20)12-10-14-9-11-15(21-2)13-18(14)22-3/h5-13H,4H2,1-3H3/b12-10+. The van der Waals surface area contributed by atoms with Gasteiger partial charge in [-0.25, -0.2) is 4.79 Å². The van der Waals surface area contributed by atoms with Crippen LogP contribution in [-0.4, -0.2) is 26.8 Å². The highest BCUT2D eigenvalue weighted by atomic mass is 16.6. The number of esters is 1. The molecule has 0 unspecified atom stereocenters. The van der Waals surface area contributed by atoms with E-state index in [9.17, 15) is 4.79 Å². The maximum Gasteiger partial charge on any atom is 0.336 e. The van der Waals surface area contributed by atoms with Gasteiger partial charge in [-0.1, -0.05) is 12.1 Å². The van der Waals surface area contributed by atoms with Crippen LogP contribution in [0.4, 0.5) is 0 Å². The fourth-order valence-corrected chi connectivity index (χ4v) is 2.07. The van der Waals surface area contributed by atoms with Crippen molar-refractivity contribution in [1.82, 2.24) is 0 Å². The van der Waals surface area contributed by atoms with E-state index in [0.717, 1.165) is 5.56 Å². The van der Waals surface area contributed by atoms with Crippen LogP contribution in [0.1, 0.15) is 12.5 Å². The van der Waals surface area contributed by atoms with Crippen molar-refractivity contribution in [3.8, 4) is 23.0 Å². The average Bonchev–Trinajstić information content (AvgIpc) is 2.61. The lowest BCUT2D eigenvalue weighted by Gasteiger charge is -2.09. The van der Waals surface area contributed by atoms with Gasteiger partial charge in [0.2, 0.25) is 0 Å². The van der Waals surface area contributed by atoms with Gasteiger partial charge in [-0.05, 0) is 37.3 Å². The van der Waals surface area contributed by atoms with Gasteiger partial charge in [0, 0.05) is 17.7 Å². The lowest BCUT2D eigenvalue weighted by molar-refractivity contribution is -0.129. The molecule has 2 aromatic rings. The molecule has 0 spiro atoms. The number of methoxy groups -OCH3 is 2. The number of rotatable bonds is 7. The molecule has 2 rings (SSSR count). The van der Waals surface area contributed by atoms with Gasteiger partial charge in [0.1, 0.15) is 11.5 Å². The number of benzene rings is 2. The van der Waals surface area contributed by atoms with Crippen LogP contribution in [0.15, 0.2) is 48.5 Å². The molecule has 126 valence electrons. The number of hydrogen-bond acceptors (Lipinski definition) is 5. The van der Waals surface area contributed by atoms with Crippen LogP contribution in [-0.2, 0) is 4.79 Å². The first-order chi connectivity index (χ1) is 11.7. The van der Waals surface area contributed by atoms with E-state index in [4.69, 9.17) is 18.9 Å². The number of carbonyl (C=O) groups excluding carboxylic acids is 1. The molecule has 0 aliphatic carbocycles. The van der Waals surface area contributed by atoms with Crippen molar-refractivity contribution >= 4 is 12.0 Å². The molecule has 2 aromatic carbocycles. The minimum absolute atomic E-state index is 0.385. The van der Waals surface area contributed by atoms with Gasteiger partial charge in [0.05, 0.1) is 20.8 Å². The Kier molecular flexibility index (Phi) is 6.25. The molecule has 5 nitrogen and oxygen atoms in total. The van der Waals surface area contributed by atoms with Crippen LogP contribution in [0, 0.1) is 0 Å². The molecule has 0 N–H and O–H groups in total. The molecule has 0 saturated carbocycles. The number of carbonyl (C=O) groups is 1. The predicted molar refractivity (Wildman–Crippen MR) is 91.8 cm³/mol. The molecule has 0 radical (unpaired) electrons. The van der Waals surface area contributed by atoms with E-state index in [-0.39, 0.29) is 0 Å². The molecular formula is C19H20O5. The minimum Gasteiger partial charge on any atom is -0.497 e. The molecule has 0 fully saturated rings. The summed E-state index contributed by atoms with van der Waals surface area (Å²) in [7, 11) is 3.14. The van der Waals surface area contributed by atoms with Crippen LogP contribution in [0.25, 0.3) is 6.08 Å². The highest BCUT2D eigenvalue weighted by Crippen LogP contribution is 2.27. The summed E-state index contributed by atoms with van der Waals surface area (Å²) in [5.41, 5.74) is 0.744. The summed E-state index contributed by atoms with van der Waals surface area (Å²) >= 11 is 0. The summed E-state index contributed by atoms with van der Waals surface area (Å²) in [6.45, 7) is 2.36. The van der Waals surface area contributed by atoms with Crippen molar-refractivity contribution in [3.63, 3.8) is 0 Å². The topological polar surface area (TPSA) is 54.0 Å². The Morgan fingerprint density at radius 1 is 1.00 bits per heavy atom. The van der Waals surface area contributed by atoms with Crippen LogP contribution in [0.3, 0.4) is 0 Å². The summed E-state index contributed by atoms with van der Waals surface area (Å²) in [6.07, 6.45) is 2.97. The van der Waals surface area contributed by atoms with Crippen LogP contribution < -0.4 is 18.9 Å². The van der Waals surface area contributed by atoms with Crippen molar-refractivity contribution in [3.05, 3.63) is 54.1 Å². The van der Waals surface area contributed by atoms with E-state index in [0.29, 0.717) is 29.6 Å². The largest absolute Gasteiger partial charge is 0.497 e. The third-order valence-electron chi connectivity index (χ3n) is 3.20. The fraction of sp³-hybridized carbons (Fsp3) is 0.211. The Morgan fingerprint density at radius 3 is 2.42 bits per heavy atom. The molecule has 0 saturated heterocycles. The zero-order chi connectivity index (χ0) is 17.4. The zero-order valence-corrected chi connectivity index (χ0v) is 13.9. The van der Waals surface area contributed by atoms with Gasteiger partial charge >= 0.3 is 5.97 Å². The zero-order valence-electron chi connectivity index (χ0n) is 13.9. The molecule has 24 heavy (non-hydrogen) atoms. The summed E-state index contributed by atoms with van der Waals surface area (Å²) < 4.78 is 21.2. The maximum absolute atomic E-state index is 12.0. The molecular weight excluding hydrogens is 308 g/mol. The Bertz CT molecular complexity index is 721. The first kappa shape index (κ1) is 17.4. The predicted octanol–water partition coefficient (Wildman–Crippen LogP) is 3.72. The Morgan fingerprint density at radius 2 is 1.75 bits per heavy atom. The van der Waals surface area contributed by atoms with E-state index >= 15 is 0 Å². The van der Waals surface area contributed by atoms with E-state index in [1.54, 1.807) is 56.7 Å². The van der Waals surface area contributed by atoms with Gasteiger partial charge < -0.3 is 18.9 Å². The van der Waals surface area contributed by atoms with Crippen LogP contribution in [0.2, 0.25) is 0 Å². The van der Waals surface area contributed by atoms with Crippen molar-refractivity contribution < 1.29 is 23.7 Å². The number of para-hydroxylation sites is 2. The molecule has 0 atom stereocenters. The maximum atomic E-state index is 12.0. The second kappa shape index (κ2) is 8.62. The molecule has 5 heteroatoms. The van der Waals surface area contributed by atoms with Crippen LogP contribution >= 0.6 is 0 Å². The van der Waals surface area contributed by atoms with E-state index in [2.05, 4.69) is 0 Å². The molecule has 0 aliphatic heterocycles. The third-order valence-corrected chi connectivity index (χ3v) is 3.20. The van der Waals surface area contributed by atoms with Gasteiger partial charge in [-0.15, -0.1) is 0 Å². The monoisotopic (exact) mass is 328 g/mol. The normalized spacial score (nSPS) is 10.5. The quantitative estimate of drug-likeness (QED) is 0.440. The molecule has 0 aromatic heterocycles. The second-order valence-corrected chi connectivity index (χ2v) is 4.74. The fourth-order valence-electron chi connectivity index (χ4n) is 2.07. The summed E-state index contributed by atoms with van der Waals surface area (Å²) in [5.74, 6) is 1.70. The highest BCUT2D eigenvalue weighted by molar-refractivity contribution is 5.89. The Balaban J connectivity index is 2.11. The smallest absolute Gasteiger partial charge is 0.336 e. The van der Waals surface area contributed by atoms with Gasteiger partial charge in [0.25, 0.3) is 0 Å². The number of ether oxygens (including phenoxy) is 4. The summed E-state index contributed by atoms with van der Waals surface area (Å²) in [4.78, 5) is 12.0. The van der Waals surface area contributed by atoms with E-state index in [1.165, 1.54) is 6.08 Å². The van der Waals surface area contributed by atoms with Crippen molar-refractivity contribution in [2.24, 2.45) is 0 Å². The van der Waals surface area contributed by atoms with Crippen molar-refractivity contribution in [1.29, 1.82) is 0 Å². The molecule has 0 aliphatic rings. The average molecular weight is 328 g/mol. The van der Waals surface area contributed by atoms with Crippen LogP contribution in [0.5, 0.6) is 23.0 Å². The summed E-state index contributed by atoms with van der Waals surface area (Å²) in [6, 6.07) is 12.4. The highest BCUT2D eigenvalue weighted by Gasteiger charge is 2.08. The summed E-state index contributed by atoms with van der Waals surface area (Å²) in [5, 5.41) is 0. The Hall–Kier alpha value is -2.95. The Labute approximate surface area is 141 Å². The van der Waals surface area contributed by atoms with E-state index in [1.807, 2.05) is 13.0 Å². The minimum atomic E-state index is -0.500. The molecule has 0 bridgehead atoms. The second-order valence-electron chi connectivity index (χ2n) is 4.74.